The lowest BCUT2D eigenvalue weighted by atomic mass is 9.79. The molecule has 0 aromatic carbocycles. The summed E-state index contributed by atoms with van der Waals surface area (Å²) in [5.74, 6) is -2.28. The molecule has 0 saturated heterocycles. The van der Waals surface area contributed by atoms with Gasteiger partial charge in [-0.2, -0.15) is 0 Å². The van der Waals surface area contributed by atoms with E-state index in [0.717, 1.165) is 116 Å². The highest BCUT2D eigenvalue weighted by Crippen LogP contribution is 2.30. The minimum absolute atomic E-state index is 0.0351. The fraction of sp³-hybridized carbons (Fsp3) is 0.847. The molecule has 4 N–H and O–H groups in total. The highest BCUT2D eigenvalue weighted by Gasteiger charge is 2.57. The molecule has 0 radical (unpaired) electrons. The van der Waals surface area contributed by atoms with Gasteiger partial charge in [-0.3, -0.25) is 14.4 Å². The molecule has 0 saturated carbocycles. The normalized spacial score (nSPS) is 14.3. The smallest absolute Gasteiger partial charge is 0.307 e. The largest absolute Gasteiger partial charge is 0.440 e. The van der Waals surface area contributed by atoms with Crippen molar-refractivity contribution in [3.8, 4) is 0 Å². The molecule has 0 unspecified atom stereocenters. The number of ketones is 2. The van der Waals surface area contributed by atoms with E-state index in [0.29, 0.717) is 19.3 Å². The number of carbonyl (C=O) groups excluding carboxylic acids is 3. The van der Waals surface area contributed by atoms with Crippen LogP contribution in [0.25, 0.3) is 0 Å². The maximum absolute atomic E-state index is 14.3. The van der Waals surface area contributed by atoms with Gasteiger partial charge in [-0.1, -0.05) is 211 Å². The van der Waals surface area contributed by atoms with E-state index in [1.54, 1.807) is 0 Å². The predicted molar refractivity (Wildman–Crippen MR) is 282 cm³/mol. The summed E-state index contributed by atoms with van der Waals surface area (Å²) in [4.78, 5) is 42.1. The van der Waals surface area contributed by atoms with Crippen molar-refractivity contribution < 1.29 is 39.5 Å². The Bertz CT molecular complexity index is 1160. The number of allylic oxidation sites excluding steroid dienone is 6. The molecule has 0 bridgehead atoms. The summed E-state index contributed by atoms with van der Waals surface area (Å²) in [7, 11) is 0. The van der Waals surface area contributed by atoms with E-state index in [4.69, 9.17) is 4.74 Å². The van der Waals surface area contributed by atoms with Gasteiger partial charge in [-0.05, 0) is 96.3 Å². The van der Waals surface area contributed by atoms with Gasteiger partial charge in [0.15, 0.2) is 11.6 Å². The van der Waals surface area contributed by atoms with Crippen LogP contribution in [0.5, 0.6) is 0 Å². The second-order valence-electron chi connectivity index (χ2n) is 19.7. The lowest BCUT2D eigenvalue weighted by molar-refractivity contribution is -0.200. The van der Waals surface area contributed by atoms with Crippen molar-refractivity contribution in [1.82, 2.24) is 0 Å². The van der Waals surface area contributed by atoms with Crippen molar-refractivity contribution in [3.05, 3.63) is 36.5 Å². The van der Waals surface area contributed by atoms with E-state index in [1.165, 1.54) is 116 Å². The van der Waals surface area contributed by atoms with Crippen LogP contribution in [0.3, 0.4) is 0 Å². The van der Waals surface area contributed by atoms with E-state index >= 15 is 0 Å². The molecule has 67 heavy (non-hydrogen) atoms. The van der Waals surface area contributed by atoms with Crippen LogP contribution >= 0.6 is 0 Å². The molecule has 0 aliphatic heterocycles. The topological polar surface area (TPSA) is 141 Å². The number of Topliss-reactive ketones (excluding diaryl/α,β-unsaturated/α-hetero) is 2. The van der Waals surface area contributed by atoms with E-state index in [1.807, 2.05) is 0 Å². The van der Waals surface area contributed by atoms with Crippen molar-refractivity contribution >= 4 is 17.5 Å². The zero-order chi connectivity index (χ0) is 49.3. The number of esters is 1. The summed E-state index contributed by atoms with van der Waals surface area (Å²) in [5.41, 5.74) is -2.66. The Hall–Kier alpha value is -2.13. The molecular weight excluding hydrogens is 837 g/mol. The summed E-state index contributed by atoms with van der Waals surface area (Å²) in [6.45, 7) is 5.82. The van der Waals surface area contributed by atoms with Gasteiger partial charge in [0.1, 0.15) is 18.3 Å². The Kier molecular flexibility index (Phi) is 47.3. The first-order chi connectivity index (χ1) is 32.7. The Morgan fingerprint density at radius 2 is 0.642 bits per heavy atom. The molecule has 8 nitrogen and oxygen atoms in total. The summed E-state index contributed by atoms with van der Waals surface area (Å²) >= 11 is 0. The van der Waals surface area contributed by atoms with Gasteiger partial charge in [0, 0.05) is 19.3 Å². The van der Waals surface area contributed by atoms with Gasteiger partial charge >= 0.3 is 5.97 Å². The maximum atomic E-state index is 14.3. The van der Waals surface area contributed by atoms with Gasteiger partial charge in [0.05, 0.1) is 6.61 Å². The molecule has 3 atom stereocenters. The van der Waals surface area contributed by atoms with Crippen LogP contribution in [0.1, 0.15) is 290 Å². The van der Waals surface area contributed by atoms with Crippen molar-refractivity contribution in [3.63, 3.8) is 0 Å². The first-order valence-electron chi connectivity index (χ1n) is 28.6. The third kappa shape index (κ3) is 36.5. The third-order valence-electron chi connectivity index (χ3n) is 13.4. The number of aliphatic hydroxyl groups is 4. The van der Waals surface area contributed by atoms with Crippen LogP contribution < -0.4 is 0 Å². The van der Waals surface area contributed by atoms with E-state index < -0.39 is 48.1 Å². The lowest BCUT2D eigenvalue weighted by Crippen LogP contribution is -2.64. The number of ether oxygens (including phenoxy) is 1. The SMILES string of the molecule is CCCCCCCCC=CCCCCCCCC(=O)OC(C(=O)CCCCCCCC=CCCCCCCCC)(C(=O)CCCCCCCC=CCCCCCCCC)[C@H](O)[C@@H](O)[C@H](O)CO. The molecule has 0 spiro atoms. The second kappa shape index (κ2) is 48.9. The van der Waals surface area contributed by atoms with Crippen LogP contribution in [0, 0.1) is 0 Å². The fourth-order valence-electron chi connectivity index (χ4n) is 8.87. The van der Waals surface area contributed by atoms with Crippen molar-refractivity contribution in [2.75, 3.05) is 6.61 Å². The Labute approximate surface area is 413 Å². The Morgan fingerprint density at radius 1 is 0.388 bits per heavy atom. The zero-order valence-corrected chi connectivity index (χ0v) is 44.0. The van der Waals surface area contributed by atoms with Crippen molar-refractivity contribution in [1.29, 1.82) is 0 Å². The van der Waals surface area contributed by atoms with Crippen molar-refractivity contribution in [2.24, 2.45) is 0 Å². The molecule has 8 heteroatoms. The Morgan fingerprint density at radius 3 is 0.925 bits per heavy atom. The number of hydrogen-bond acceptors (Lipinski definition) is 8. The molecule has 0 aliphatic rings. The summed E-state index contributed by atoms with van der Waals surface area (Å²) in [6, 6.07) is 0. The number of carbonyl (C=O) groups is 3. The number of hydrogen-bond donors (Lipinski definition) is 4. The van der Waals surface area contributed by atoms with Crippen LogP contribution in [0.2, 0.25) is 0 Å². The quantitative estimate of drug-likeness (QED) is 0.0204. The minimum Gasteiger partial charge on any atom is -0.440 e. The van der Waals surface area contributed by atoms with Crippen molar-refractivity contribution in [2.45, 2.75) is 314 Å². The van der Waals surface area contributed by atoms with Crippen LogP contribution in [0.15, 0.2) is 36.5 Å². The first kappa shape index (κ1) is 64.9. The third-order valence-corrected chi connectivity index (χ3v) is 13.4. The first-order valence-corrected chi connectivity index (χ1v) is 28.6. The molecule has 0 heterocycles. The van der Waals surface area contributed by atoms with Crippen LogP contribution in [-0.4, -0.2) is 68.5 Å². The van der Waals surface area contributed by atoms with Gasteiger partial charge < -0.3 is 25.2 Å². The molecule has 0 aromatic heterocycles. The van der Waals surface area contributed by atoms with E-state index in [9.17, 15) is 34.8 Å². The summed E-state index contributed by atoms with van der Waals surface area (Å²) in [6.07, 6.45) is 49.8. The van der Waals surface area contributed by atoms with E-state index in [-0.39, 0.29) is 19.3 Å². The van der Waals surface area contributed by atoms with Crippen LogP contribution in [0.4, 0.5) is 0 Å². The molecule has 0 amide bonds. The average molecular weight is 946 g/mol. The predicted octanol–water partition coefficient (Wildman–Crippen LogP) is 15.6. The van der Waals surface area contributed by atoms with Gasteiger partial charge in [-0.15, -0.1) is 0 Å². The highest BCUT2D eigenvalue weighted by molar-refractivity contribution is 6.12. The monoisotopic (exact) mass is 945 g/mol. The van der Waals surface area contributed by atoms with E-state index in [2.05, 4.69) is 57.2 Å². The summed E-state index contributed by atoms with van der Waals surface area (Å²) in [5, 5.41) is 42.7. The minimum atomic E-state index is -2.66. The number of rotatable bonds is 52. The standard InChI is InChI=1S/C59H108O8/c1-4-7-10-13-16-19-22-25-28-31-34-37-40-43-46-49-54(62)59(58(66)57(65)53(61)52-60,55(63)50-47-44-41-38-35-32-29-26-23-20-17-14-11-8-5-2)67-56(64)51-48-45-42-39-36-33-30-27-24-21-18-15-12-9-6-3/h25-30,53,57-58,60-61,65-66H,4-24,31-52H2,1-3H3/t53-,57+,58-,59?/m1/s1. The van der Waals surface area contributed by atoms with Crippen LogP contribution in [-0.2, 0) is 19.1 Å². The van der Waals surface area contributed by atoms with Gasteiger partial charge in [-0.25, -0.2) is 0 Å². The molecule has 0 rings (SSSR count). The fourth-order valence-corrected chi connectivity index (χ4v) is 8.87. The summed E-state index contributed by atoms with van der Waals surface area (Å²) < 4.78 is 5.84. The second-order valence-corrected chi connectivity index (χ2v) is 19.7. The highest BCUT2D eigenvalue weighted by atomic mass is 16.6. The molecule has 0 aromatic rings. The Balaban J connectivity index is 5.37. The molecule has 392 valence electrons. The zero-order valence-electron chi connectivity index (χ0n) is 44.0. The number of unbranched alkanes of at least 4 members (excludes halogenated alkanes) is 33. The number of aliphatic hydroxyl groups excluding tert-OH is 4. The molecular formula is C59H108O8. The van der Waals surface area contributed by atoms with Gasteiger partial charge in [0.2, 0.25) is 0 Å². The maximum Gasteiger partial charge on any atom is 0.307 e. The van der Waals surface area contributed by atoms with Gasteiger partial charge in [0.25, 0.3) is 5.60 Å². The molecule has 0 aliphatic carbocycles. The lowest BCUT2D eigenvalue weighted by Gasteiger charge is -2.38. The molecule has 0 fully saturated rings. The average Bonchev–Trinajstić information content (AvgIpc) is 3.33.